The molecule has 0 aromatic heterocycles. The van der Waals surface area contributed by atoms with Crippen LogP contribution in [-0.2, 0) is 4.79 Å². The molecule has 116 valence electrons. The Morgan fingerprint density at radius 3 is 2.68 bits per heavy atom. The number of benzene rings is 2. The van der Waals surface area contributed by atoms with E-state index in [-0.39, 0.29) is 5.91 Å². The zero-order chi connectivity index (χ0) is 16.1. The lowest BCUT2D eigenvalue weighted by Gasteiger charge is -2.16. The number of carbonyl (C=O) groups is 1. The van der Waals surface area contributed by atoms with Gasteiger partial charge in [-0.2, -0.15) is 0 Å². The van der Waals surface area contributed by atoms with Crippen LogP contribution in [0.5, 0.6) is 5.75 Å². The summed E-state index contributed by atoms with van der Waals surface area (Å²) in [6.45, 7) is 3.62. The molecule has 0 saturated heterocycles. The van der Waals surface area contributed by atoms with Crippen LogP contribution in [0.2, 0.25) is 5.02 Å². The predicted molar refractivity (Wildman–Crippen MR) is 93.1 cm³/mol. The van der Waals surface area contributed by atoms with E-state index in [1.165, 1.54) is 0 Å². The Bertz CT molecular complexity index is 675. The summed E-state index contributed by atoms with van der Waals surface area (Å²) in [7, 11) is 0. The fraction of sp³-hybridized carbons (Fsp3) is 0.235. The first-order valence-corrected chi connectivity index (χ1v) is 8.48. The molecule has 0 heterocycles. The van der Waals surface area contributed by atoms with E-state index in [9.17, 15) is 4.79 Å². The van der Waals surface area contributed by atoms with Gasteiger partial charge in [-0.25, -0.2) is 0 Å². The van der Waals surface area contributed by atoms with Crippen LogP contribution in [0.4, 0.5) is 5.69 Å². The van der Waals surface area contributed by atoms with Gasteiger partial charge in [0.15, 0.2) is 6.10 Å². The maximum absolute atomic E-state index is 12.3. The van der Waals surface area contributed by atoms with Gasteiger partial charge in [-0.05, 0) is 56.0 Å². The van der Waals surface area contributed by atoms with Crippen molar-refractivity contribution in [3.8, 4) is 5.75 Å². The second-order valence-corrected chi connectivity index (χ2v) is 6.12. The van der Waals surface area contributed by atoms with E-state index in [0.717, 1.165) is 16.1 Å². The lowest BCUT2D eigenvalue weighted by atomic mass is 10.2. The number of nitrogens with one attached hydrogen (secondary N) is 1. The first-order valence-electron chi connectivity index (χ1n) is 6.88. The molecule has 2 rings (SSSR count). The summed E-state index contributed by atoms with van der Waals surface area (Å²) >= 11 is 7.57. The third kappa shape index (κ3) is 4.18. The molecule has 3 nitrogen and oxygen atoms in total. The van der Waals surface area contributed by atoms with Crippen molar-refractivity contribution in [1.29, 1.82) is 0 Å². The molecular weight excluding hydrogens is 318 g/mol. The van der Waals surface area contributed by atoms with Crippen molar-refractivity contribution in [3.05, 3.63) is 53.1 Å². The second kappa shape index (κ2) is 7.56. The fourth-order valence-corrected chi connectivity index (χ4v) is 2.60. The average Bonchev–Trinajstić information content (AvgIpc) is 2.51. The molecule has 2 aromatic rings. The third-order valence-electron chi connectivity index (χ3n) is 3.18. The molecule has 5 heteroatoms. The second-order valence-electron chi connectivity index (χ2n) is 4.86. The number of para-hydroxylation sites is 1. The molecule has 1 atom stereocenters. The van der Waals surface area contributed by atoms with E-state index in [2.05, 4.69) is 5.32 Å². The number of carbonyl (C=O) groups excluding carboxylic acids is 1. The molecule has 0 saturated carbocycles. The van der Waals surface area contributed by atoms with Gasteiger partial charge in [-0.15, -0.1) is 11.8 Å². The number of aryl methyl sites for hydroxylation is 1. The van der Waals surface area contributed by atoms with Crippen molar-refractivity contribution in [2.75, 3.05) is 11.6 Å². The highest BCUT2D eigenvalue weighted by molar-refractivity contribution is 7.98. The fourth-order valence-electron chi connectivity index (χ4n) is 1.93. The van der Waals surface area contributed by atoms with Crippen LogP contribution in [-0.4, -0.2) is 18.3 Å². The Hall–Kier alpha value is -1.65. The summed E-state index contributed by atoms with van der Waals surface area (Å²) in [6, 6.07) is 13.0. The van der Waals surface area contributed by atoms with Crippen molar-refractivity contribution >= 4 is 35.0 Å². The van der Waals surface area contributed by atoms with E-state index in [4.69, 9.17) is 16.3 Å². The molecule has 0 spiro atoms. The van der Waals surface area contributed by atoms with Gasteiger partial charge in [0, 0.05) is 9.92 Å². The van der Waals surface area contributed by atoms with E-state index in [0.29, 0.717) is 10.8 Å². The smallest absolute Gasteiger partial charge is 0.265 e. The summed E-state index contributed by atoms with van der Waals surface area (Å²) in [5.41, 5.74) is 1.71. The van der Waals surface area contributed by atoms with Gasteiger partial charge in [0.2, 0.25) is 0 Å². The summed E-state index contributed by atoms with van der Waals surface area (Å²) in [4.78, 5) is 13.3. The van der Waals surface area contributed by atoms with E-state index in [1.807, 2.05) is 43.5 Å². The molecule has 2 aromatic carbocycles. The van der Waals surface area contributed by atoms with Crippen LogP contribution >= 0.6 is 23.4 Å². The Labute approximate surface area is 140 Å². The number of thioether (sulfide) groups is 1. The summed E-state index contributed by atoms with van der Waals surface area (Å²) in [5, 5.41) is 3.58. The van der Waals surface area contributed by atoms with Gasteiger partial charge < -0.3 is 10.1 Å². The van der Waals surface area contributed by atoms with Gasteiger partial charge in [-0.1, -0.05) is 23.7 Å². The number of ether oxygens (including phenoxy) is 1. The Morgan fingerprint density at radius 1 is 1.27 bits per heavy atom. The first kappa shape index (κ1) is 16.7. The molecular formula is C17H18ClNO2S. The maximum Gasteiger partial charge on any atom is 0.265 e. The van der Waals surface area contributed by atoms with Crippen LogP contribution in [0.1, 0.15) is 12.5 Å². The topological polar surface area (TPSA) is 38.3 Å². The van der Waals surface area contributed by atoms with Crippen molar-refractivity contribution in [2.24, 2.45) is 0 Å². The molecule has 0 radical (unpaired) electrons. The highest BCUT2D eigenvalue weighted by Crippen LogP contribution is 2.25. The molecule has 1 amide bonds. The maximum atomic E-state index is 12.3. The molecule has 1 unspecified atom stereocenters. The minimum atomic E-state index is -0.601. The van der Waals surface area contributed by atoms with Crippen LogP contribution in [0.3, 0.4) is 0 Å². The van der Waals surface area contributed by atoms with Gasteiger partial charge in [-0.3, -0.25) is 4.79 Å². The van der Waals surface area contributed by atoms with Gasteiger partial charge >= 0.3 is 0 Å². The molecule has 0 aliphatic rings. The molecule has 1 N–H and O–H groups in total. The standard InChI is InChI=1S/C17H18ClNO2S/c1-11-10-13(8-9-14(11)18)21-12(2)17(20)19-15-6-4-5-7-16(15)22-3/h4-10,12H,1-3H3,(H,19,20). The normalized spacial score (nSPS) is 11.8. The van der Waals surface area contributed by atoms with E-state index >= 15 is 0 Å². The van der Waals surface area contributed by atoms with Crippen molar-refractivity contribution in [1.82, 2.24) is 0 Å². The first-order chi connectivity index (χ1) is 10.5. The van der Waals surface area contributed by atoms with Gasteiger partial charge in [0.05, 0.1) is 5.69 Å². The largest absolute Gasteiger partial charge is 0.481 e. The number of anilines is 1. The molecule has 0 aliphatic carbocycles. The minimum absolute atomic E-state index is 0.186. The summed E-state index contributed by atoms with van der Waals surface area (Å²) < 4.78 is 5.68. The molecule has 0 aliphatic heterocycles. The Kier molecular flexibility index (Phi) is 5.75. The minimum Gasteiger partial charge on any atom is -0.481 e. The number of rotatable bonds is 5. The Morgan fingerprint density at radius 2 is 2.00 bits per heavy atom. The zero-order valence-electron chi connectivity index (χ0n) is 12.7. The molecule has 22 heavy (non-hydrogen) atoms. The van der Waals surface area contributed by atoms with Crippen molar-refractivity contribution in [3.63, 3.8) is 0 Å². The zero-order valence-corrected chi connectivity index (χ0v) is 14.3. The van der Waals surface area contributed by atoms with Crippen LogP contribution in [0.25, 0.3) is 0 Å². The van der Waals surface area contributed by atoms with Crippen LogP contribution in [0, 0.1) is 6.92 Å². The van der Waals surface area contributed by atoms with Crippen molar-refractivity contribution < 1.29 is 9.53 Å². The number of amides is 1. The average molecular weight is 336 g/mol. The Balaban J connectivity index is 2.04. The molecule has 0 bridgehead atoms. The molecule has 0 fully saturated rings. The summed E-state index contributed by atoms with van der Waals surface area (Å²) in [6.07, 6.45) is 1.37. The predicted octanol–water partition coefficient (Wildman–Crippen LogP) is 4.78. The van der Waals surface area contributed by atoms with E-state index in [1.54, 1.807) is 30.8 Å². The van der Waals surface area contributed by atoms with E-state index < -0.39 is 6.10 Å². The highest BCUT2D eigenvalue weighted by Gasteiger charge is 2.16. The third-order valence-corrected chi connectivity index (χ3v) is 4.40. The van der Waals surface area contributed by atoms with Gasteiger partial charge in [0.25, 0.3) is 5.91 Å². The number of hydrogen-bond donors (Lipinski definition) is 1. The van der Waals surface area contributed by atoms with Gasteiger partial charge in [0.1, 0.15) is 5.75 Å². The lowest BCUT2D eigenvalue weighted by molar-refractivity contribution is -0.122. The summed E-state index contributed by atoms with van der Waals surface area (Å²) in [5.74, 6) is 0.441. The van der Waals surface area contributed by atoms with Crippen molar-refractivity contribution in [2.45, 2.75) is 24.8 Å². The van der Waals surface area contributed by atoms with Crippen LogP contribution < -0.4 is 10.1 Å². The SMILES string of the molecule is CSc1ccccc1NC(=O)C(C)Oc1ccc(Cl)c(C)c1. The lowest BCUT2D eigenvalue weighted by Crippen LogP contribution is -2.30. The highest BCUT2D eigenvalue weighted by atomic mass is 35.5. The monoisotopic (exact) mass is 335 g/mol. The quantitative estimate of drug-likeness (QED) is 0.799. The number of halogens is 1. The van der Waals surface area contributed by atoms with Crippen LogP contribution in [0.15, 0.2) is 47.4 Å². The number of hydrogen-bond acceptors (Lipinski definition) is 3.